The Balaban J connectivity index is 1.36. The van der Waals surface area contributed by atoms with Crippen LogP contribution in [-0.4, -0.2) is 75.9 Å². The Morgan fingerprint density at radius 3 is 2.72 bits per heavy atom. The number of nitrogens with zero attached hydrogens (tertiary/aromatic N) is 5. The molecule has 8 rings (SSSR count). The first-order valence-corrected chi connectivity index (χ1v) is 15.6. The molecular weight excluding hydrogens is 612 g/mol. The molecule has 46 heavy (non-hydrogen) atoms. The maximum absolute atomic E-state index is 16.9. The summed E-state index contributed by atoms with van der Waals surface area (Å²) >= 11 is 0. The van der Waals surface area contributed by atoms with Crippen molar-refractivity contribution < 1.29 is 31.1 Å². The van der Waals surface area contributed by atoms with Crippen molar-refractivity contribution >= 4 is 28.1 Å². The van der Waals surface area contributed by atoms with Crippen molar-refractivity contribution in [2.24, 2.45) is 0 Å². The fourth-order valence-corrected chi connectivity index (χ4v) is 8.70. The van der Waals surface area contributed by atoms with Gasteiger partial charge in [0.25, 0.3) is 0 Å². The van der Waals surface area contributed by atoms with Gasteiger partial charge in [0.15, 0.2) is 5.82 Å². The van der Waals surface area contributed by atoms with E-state index in [1.54, 1.807) is 0 Å². The first-order valence-electron chi connectivity index (χ1n) is 15.6. The van der Waals surface area contributed by atoms with E-state index in [2.05, 4.69) is 26.8 Å². The Morgan fingerprint density at radius 2 is 1.93 bits per heavy atom. The number of ether oxygens (including phenoxy) is 1. The molecule has 4 saturated heterocycles. The predicted octanol–water partition coefficient (Wildman–Crippen LogP) is 5.56. The van der Waals surface area contributed by atoms with Gasteiger partial charge in [-0.3, -0.25) is 4.90 Å². The number of nitrogens with one attached hydrogen (secondary N) is 1. The van der Waals surface area contributed by atoms with E-state index in [9.17, 15) is 17.6 Å². The molecule has 3 N–H and O–H groups in total. The molecule has 0 radical (unpaired) electrons. The summed E-state index contributed by atoms with van der Waals surface area (Å²) in [6, 6.07) is 0.727. The van der Waals surface area contributed by atoms with Gasteiger partial charge in [0.05, 0.1) is 27.7 Å². The fraction of sp³-hybridized carbons (Fsp3) is 0.531. The predicted molar refractivity (Wildman–Crippen MR) is 160 cm³/mol. The van der Waals surface area contributed by atoms with E-state index >= 15 is 8.78 Å². The van der Waals surface area contributed by atoms with Gasteiger partial charge in [-0.1, -0.05) is 6.58 Å². The van der Waals surface area contributed by atoms with E-state index in [1.165, 1.54) is 0 Å². The minimum absolute atomic E-state index is 0.0209. The van der Waals surface area contributed by atoms with Crippen LogP contribution in [-0.2, 0) is 6.18 Å². The van der Waals surface area contributed by atoms with Crippen molar-refractivity contribution in [1.29, 1.82) is 0 Å². The zero-order chi connectivity index (χ0) is 32.3. The summed E-state index contributed by atoms with van der Waals surface area (Å²) in [5.74, 6) is -2.64. The standard InChI is InChI=1S/C32H33F6N7O/c1-14-8-19-18-5-4-17(40-18)12-45(19)29-22-21(14)25(34)23(27-24(32(36,37)38)15(2)9-20(39)41-27)26(35)28(22)42-30(43-29)46-13-31-6-3-7-44(31)11-16(33)10-31/h9,16-19,40H,1,3-8,10-13H2,2H3,(H2,39,41)/t16-,17-,18+,19+,31+/m1/s1. The minimum atomic E-state index is -4.99. The van der Waals surface area contributed by atoms with Crippen LogP contribution in [0.4, 0.5) is 38.0 Å². The Bertz CT molecular complexity index is 1800. The van der Waals surface area contributed by atoms with E-state index in [0.717, 1.165) is 38.8 Å². The Labute approximate surface area is 261 Å². The number of aromatic nitrogens is 3. The minimum Gasteiger partial charge on any atom is -0.461 e. The maximum Gasteiger partial charge on any atom is 0.418 e. The van der Waals surface area contributed by atoms with Crippen molar-refractivity contribution in [2.75, 3.05) is 36.9 Å². The zero-order valence-corrected chi connectivity index (χ0v) is 25.2. The Hall–Kier alpha value is -3.65. The first kappa shape index (κ1) is 29.7. The smallest absolute Gasteiger partial charge is 0.418 e. The van der Waals surface area contributed by atoms with Crippen LogP contribution in [0.3, 0.4) is 0 Å². The molecule has 7 heterocycles. The molecule has 1 aromatic carbocycles. The van der Waals surface area contributed by atoms with Gasteiger partial charge in [0.2, 0.25) is 0 Å². The summed E-state index contributed by atoms with van der Waals surface area (Å²) in [6.07, 6.45) is -2.08. The van der Waals surface area contributed by atoms with Crippen LogP contribution in [0.5, 0.6) is 6.01 Å². The molecule has 8 nitrogen and oxygen atoms in total. The van der Waals surface area contributed by atoms with E-state index in [-0.39, 0.29) is 77.3 Å². The van der Waals surface area contributed by atoms with Crippen molar-refractivity contribution in [3.8, 4) is 17.3 Å². The monoisotopic (exact) mass is 645 g/mol. The number of nitrogens with two attached hydrogens (primary N) is 1. The van der Waals surface area contributed by atoms with Gasteiger partial charge in [0, 0.05) is 43.2 Å². The lowest BCUT2D eigenvalue weighted by molar-refractivity contribution is -0.137. The number of hydrogen-bond donors (Lipinski definition) is 2. The van der Waals surface area contributed by atoms with Gasteiger partial charge in [0.1, 0.15) is 35.7 Å². The molecule has 5 atom stereocenters. The topological polar surface area (TPSA) is 92.4 Å². The third-order valence-electron chi connectivity index (χ3n) is 10.6. The molecule has 2 aromatic heterocycles. The average Bonchev–Trinajstić information content (AvgIpc) is 3.61. The second-order valence-corrected chi connectivity index (χ2v) is 13.5. The summed E-state index contributed by atoms with van der Waals surface area (Å²) < 4.78 is 97.5. The summed E-state index contributed by atoms with van der Waals surface area (Å²) in [4.78, 5) is 17.0. The van der Waals surface area contributed by atoms with E-state index in [4.69, 9.17) is 15.5 Å². The molecule has 0 spiro atoms. The molecule has 5 aliphatic rings. The number of pyridine rings is 1. The number of benzene rings is 1. The molecule has 244 valence electrons. The maximum atomic E-state index is 16.9. The molecule has 14 heteroatoms. The van der Waals surface area contributed by atoms with E-state index in [0.29, 0.717) is 19.5 Å². The van der Waals surface area contributed by atoms with Crippen molar-refractivity contribution in [2.45, 2.75) is 81.5 Å². The second-order valence-electron chi connectivity index (χ2n) is 13.5. The largest absolute Gasteiger partial charge is 0.461 e. The van der Waals surface area contributed by atoms with E-state index < -0.39 is 51.9 Å². The number of fused-ring (bicyclic) bond motifs is 6. The molecule has 2 bridgehead atoms. The fourth-order valence-electron chi connectivity index (χ4n) is 8.70. The van der Waals surface area contributed by atoms with Crippen molar-refractivity contribution in [3.05, 3.63) is 41.0 Å². The van der Waals surface area contributed by atoms with Crippen LogP contribution < -0.4 is 20.7 Å². The summed E-state index contributed by atoms with van der Waals surface area (Å²) in [7, 11) is 0. The van der Waals surface area contributed by atoms with Gasteiger partial charge in [-0.15, -0.1) is 0 Å². The highest BCUT2D eigenvalue weighted by atomic mass is 19.4. The second kappa shape index (κ2) is 10.2. The third-order valence-corrected chi connectivity index (χ3v) is 10.6. The number of aryl methyl sites for hydroxylation is 1. The zero-order valence-electron chi connectivity index (χ0n) is 25.2. The van der Waals surface area contributed by atoms with Crippen LogP contribution in [0.2, 0.25) is 0 Å². The van der Waals surface area contributed by atoms with Crippen molar-refractivity contribution in [3.63, 3.8) is 0 Å². The number of anilines is 2. The van der Waals surface area contributed by atoms with Gasteiger partial charge in [-0.2, -0.15) is 23.1 Å². The highest BCUT2D eigenvalue weighted by molar-refractivity contribution is 6.03. The SMILES string of the molecule is C=C1C[C@H]2[C@@H]3CC[C@H](CN2c2nc(OC[C@@]45CCCN4C[C@H](F)C5)nc4c(F)c(-c5nc(N)cc(C)c5C(F)(F)F)c(F)c1c24)N3. The van der Waals surface area contributed by atoms with Crippen molar-refractivity contribution in [1.82, 2.24) is 25.2 Å². The van der Waals surface area contributed by atoms with E-state index in [1.807, 2.05) is 4.90 Å². The first-order chi connectivity index (χ1) is 21.8. The Kier molecular flexibility index (Phi) is 6.58. The molecule has 5 aliphatic heterocycles. The number of piperazine rings is 1. The highest BCUT2D eigenvalue weighted by Crippen LogP contribution is 2.49. The quantitative estimate of drug-likeness (QED) is 0.357. The lowest BCUT2D eigenvalue weighted by atomic mass is 9.90. The van der Waals surface area contributed by atoms with Crippen LogP contribution in [0.15, 0.2) is 12.6 Å². The number of alkyl halides is 4. The van der Waals surface area contributed by atoms with Crippen LogP contribution in [0, 0.1) is 18.6 Å². The molecule has 0 unspecified atom stereocenters. The van der Waals surface area contributed by atoms with Crippen LogP contribution >= 0.6 is 0 Å². The molecule has 0 aliphatic carbocycles. The molecule has 3 aromatic rings. The average molecular weight is 646 g/mol. The number of hydrogen-bond acceptors (Lipinski definition) is 8. The Morgan fingerprint density at radius 1 is 1.13 bits per heavy atom. The molecular formula is C32H33F6N7O. The van der Waals surface area contributed by atoms with Gasteiger partial charge in [-0.05, 0) is 62.8 Å². The molecule has 0 saturated carbocycles. The lowest BCUT2D eigenvalue weighted by Crippen LogP contribution is -2.58. The van der Waals surface area contributed by atoms with Gasteiger partial charge < -0.3 is 20.7 Å². The summed E-state index contributed by atoms with van der Waals surface area (Å²) in [5, 5.41) is 3.61. The highest BCUT2D eigenvalue weighted by Gasteiger charge is 2.50. The summed E-state index contributed by atoms with van der Waals surface area (Å²) in [5.41, 5.74) is 1.45. The van der Waals surface area contributed by atoms with Crippen LogP contribution in [0.1, 0.15) is 55.2 Å². The molecule has 0 amide bonds. The third kappa shape index (κ3) is 4.39. The lowest BCUT2D eigenvalue weighted by Gasteiger charge is -2.41. The summed E-state index contributed by atoms with van der Waals surface area (Å²) in [6.45, 7) is 6.90. The van der Waals surface area contributed by atoms with Crippen LogP contribution in [0.25, 0.3) is 27.7 Å². The normalized spacial score (nSPS) is 28.9. The number of nitrogen functional groups attached to an aromatic ring is 1. The molecule has 4 fully saturated rings. The number of rotatable bonds is 4. The van der Waals surface area contributed by atoms with Gasteiger partial charge in [-0.25, -0.2) is 18.2 Å². The number of halogens is 6. The van der Waals surface area contributed by atoms with Gasteiger partial charge >= 0.3 is 12.2 Å².